The third-order valence-electron chi connectivity index (χ3n) is 3.65. The summed E-state index contributed by atoms with van der Waals surface area (Å²) in [5.41, 5.74) is 0.956. The summed E-state index contributed by atoms with van der Waals surface area (Å²) in [5, 5.41) is 11.6. The van der Waals surface area contributed by atoms with Crippen LogP contribution in [-0.4, -0.2) is 28.0 Å². The summed E-state index contributed by atoms with van der Waals surface area (Å²) in [6, 6.07) is 6.49. The van der Waals surface area contributed by atoms with Crippen molar-refractivity contribution in [1.29, 1.82) is 0 Å². The molecule has 1 aromatic rings. The monoisotopic (exact) mass is 454 g/mol. The number of aliphatic imine (C=N–C) groups is 1. The van der Waals surface area contributed by atoms with Gasteiger partial charge in [-0.25, -0.2) is 13.6 Å². The zero-order chi connectivity index (χ0) is 16.6. The Bertz CT molecular complexity index is 584. The van der Waals surface area contributed by atoms with Crippen LogP contribution in [0.15, 0.2) is 34.2 Å². The fourth-order valence-electron chi connectivity index (χ4n) is 2.02. The number of halogens is 1. The van der Waals surface area contributed by atoms with E-state index in [9.17, 15) is 8.42 Å². The van der Waals surface area contributed by atoms with Crippen LogP contribution >= 0.6 is 24.0 Å². The molecule has 23 heavy (non-hydrogen) atoms. The van der Waals surface area contributed by atoms with Gasteiger partial charge < -0.3 is 10.6 Å². The topological polar surface area (TPSA) is 96.6 Å². The molecule has 132 valence electrons. The summed E-state index contributed by atoms with van der Waals surface area (Å²) in [6.45, 7) is 5.81. The molecular formula is C15H27IN4O2S. The van der Waals surface area contributed by atoms with E-state index in [2.05, 4.69) is 29.5 Å². The average molecular weight is 454 g/mol. The first kappa shape index (κ1) is 22.1. The Kier molecular flexibility index (Phi) is 10.4. The van der Waals surface area contributed by atoms with E-state index in [1.165, 1.54) is 12.1 Å². The van der Waals surface area contributed by atoms with Crippen molar-refractivity contribution in [3.05, 3.63) is 29.8 Å². The van der Waals surface area contributed by atoms with E-state index in [-0.39, 0.29) is 28.9 Å². The Morgan fingerprint density at radius 3 is 2.17 bits per heavy atom. The summed E-state index contributed by atoms with van der Waals surface area (Å²) in [4.78, 5) is 4.30. The molecule has 0 unspecified atom stereocenters. The minimum atomic E-state index is -3.64. The number of hydrogen-bond donors (Lipinski definition) is 3. The number of primary sulfonamides is 1. The maximum Gasteiger partial charge on any atom is 0.238 e. The molecule has 0 bridgehead atoms. The number of guanidine groups is 1. The highest BCUT2D eigenvalue weighted by Gasteiger charge is 2.07. The van der Waals surface area contributed by atoms with Crippen LogP contribution in [0.1, 0.15) is 32.3 Å². The predicted molar refractivity (Wildman–Crippen MR) is 106 cm³/mol. The van der Waals surface area contributed by atoms with Crippen LogP contribution in [0.5, 0.6) is 0 Å². The normalized spacial score (nSPS) is 12.0. The van der Waals surface area contributed by atoms with Gasteiger partial charge in [-0.2, -0.15) is 0 Å². The molecule has 1 aromatic carbocycles. The fourth-order valence-corrected chi connectivity index (χ4v) is 2.54. The number of benzene rings is 1. The first-order valence-electron chi connectivity index (χ1n) is 7.46. The van der Waals surface area contributed by atoms with Crippen molar-refractivity contribution in [3.8, 4) is 0 Å². The van der Waals surface area contributed by atoms with Gasteiger partial charge in [-0.05, 0) is 23.6 Å². The molecule has 0 spiro atoms. The van der Waals surface area contributed by atoms with E-state index >= 15 is 0 Å². The van der Waals surface area contributed by atoms with Crippen molar-refractivity contribution < 1.29 is 8.42 Å². The van der Waals surface area contributed by atoms with E-state index < -0.39 is 10.0 Å². The zero-order valence-electron chi connectivity index (χ0n) is 13.9. The molecule has 0 aliphatic rings. The van der Waals surface area contributed by atoms with Crippen LogP contribution < -0.4 is 15.8 Å². The van der Waals surface area contributed by atoms with Gasteiger partial charge in [0.2, 0.25) is 10.0 Å². The molecule has 4 N–H and O–H groups in total. The molecule has 6 nitrogen and oxygen atoms in total. The second kappa shape index (κ2) is 10.8. The number of nitrogens with two attached hydrogens (primary N) is 1. The van der Waals surface area contributed by atoms with Crippen molar-refractivity contribution in [2.75, 3.05) is 13.6 Å². The van der Waals surface area contributed by atoms with Crippen molar-refractivity contribution in [1.82, 2.24) is 10.6 Å². The van der Waals surface area contributed by atoms with Crippen molar-refractivity contribution in [2.24, 2.45) is 16.0 Å². The first-order chi connectivity index (χ1) is 10.4. The largest absolute Gasteiger partial charge is 0.356 e. The molecule has 0 heterocycles. The van der Waals surface area contributed by atoms with Gasteiger partial charge in [-0.15, -0.1) is 24.0 Å². The van der Waals surface area contributed by atoms with Crippen LogP contribution in [-0.2, 0) is 16.6 Å². The van der Waals surface area contributed by atoms with Gasteiger partial charge in [0.1, 0.15) is 0 Å². The molecule has 0 aromatic heterocycles. The number of nitrogens with one attached hydrogen (secondary N) is 2. The lowest BCUT2D eigenvalue weighted by Gasteiger charge is -2.16. The van der Waals surface area contributed by atoms with Crippen LogP contribution in [0.3, 0.4) is 0 Å². The predicted octanol–water partition coefficient (Wildman–Crippen LogP) is 2.05. The molecule has 0 atom stereocenters. The van der Waals surface area contributed by atoms with Crippen LogP contribution in [0.2, 0.25) is 0 Å². The van der Waals surface area contributed by atoms with Gasteiger partial charge in [-0.3, -0.25) is 4.99 Å². The standard InChI is InChI=1S/C15H26N4O2S.HI/c1-4-12(5-2)10-18-15(17-3)19-11-13-6-8-14(9-7-13)22(16,20)21;/h6-9,12H,4-5,10-11H2,1-3H3,(H2,16,20,21)(H2,17,18,19);1H. The number of hydrogen-bond acceptors (Lipinski definition) is 3. The van der Waals surface area contributed by atoms with Crippen molar-refractivity contribution >= 4 is 40.0 Å². The van der Waals surface area contributed by atoms with Gasteiger partial charge >= 0.3 is 0 Å². The Hall–Kier alpha value is -0.870. The number of rotatable bonds is 7. The molecule has 0 aliphatic carbocycles. The summed E-state index contributed by atoms with van der Waals surface area (Å²) >= 11 is 0. The van der Waals surface area contributed by atoms with Gasteiger partial charge in [0.05, 0.1) is 4.90 Å². The van der Waals surface area contributed by atoms with Crippen LogP contribution in [0, 0.1) is 5.92 Å². The Morgan fingerprint density at radius 2 is 1.74 bits per heavy atom. The van der Waals surface area contributed by atoms with Gasteiger partial charge in [0.15, 0.2) is 5.96 Å². The van der Waals surface area contributed by atoms with Crippen molar-refractivity contribution in [2.45, 2.75) is 38.1 Å². The van der Waals surface area contributed by atoms with Crippen LogP contribution in [0.4, 0.5) is 0 Å². The molecular weight excluding hydrogens is 427 g/mol. The zero-order valence-corrected chi connectivity index (χ0v) is 17.0. The van der Waals surface area contributed by atoms with Crippen molar-refractivity contribution in [3.63, 3.8) is 0 Å². The highest BCUT2D eigenvalue weighted by Crippen LogP contribution is 2.08. The molecule has 0 radical (unpaired) electrons. The van der Waals surface area contributed by atoms with E-state index in [0.717, 1.165) is 30.9 Å². The quantitative estimate of drug-likeness (QED) is 0.334. The van der Waals surface area contributed by atoms with Gasteiger partial charge in [0.25, 0.3) is 0 Å². The smallest absolute Gasteiger partial charge is 0.238 e. The maximum atomic E-state index is 11.2. The van der Waals surface area contributed by atoms with E-state index in [0.29, 0.717) is 12.5 Å². The lowest BCUT2D eigenvalue weighted by molar-refractivity contribution is 0.481. The highest BCUT2D eigenvalue weighted by atomic mass is 127. The maximum absolute atomic E-state index is 11.2. The highest BCUT2D eigenvalue weighted by molar-refractivity contribution is 14.0. The third-order valence-corrected chi connectivity index (χ3v) is 4.58. The van der Waals surface area contributed by atoms with E-state index in [4.69, 9.17) is 5.14 Å². The summed E-state index contributed by atoms with van der Waals surface area (Å²) < 4.78 is 22.4. The Morgan fingerprint density at radius 1 is 1.17 bits per heavy atom. The third kappa shape index (κ3) is 7.98. The lowest BCUT2D eigenvalue weighted by Crippen LogP contribution is -2.39. The summed E-state index contributed by atoms with van der Waals surface area (Å²) in [5.74, 6) is 1.37. The molecule has 0 aliphatic heterocycles. The second-order valence-corrected chi connectivity index (χ2v) is 6.74. The Balaban J connectivity index is 0.00000484. The number of nitrogens with zero attached hydrogens (tertiary/aromatic N) is 1. The lowest BCUT2D eigenvalue weighted by atomic mass is 10.0. The van der Waals surface area contributed by atoms with Crippen LogP contribution in [0.25, 0.3) is 0 Å². The molecule has 1 rings (SSSR count). The molecule has 0 amide bonds. The molecule has 0 fully saturated rings. The molecule has 0 saturated heterocycles. The summed E-state index contributed by atoms with van der Waals surface area (Å²) in [6.07, 6.45) is 2.27. The SMILES string of the molecule is CCC(CC)CNC(=NC)NCc1ccc(S(N)(=O)=O)cc1.I. The van der Waals surface area contributed by atoms with Gasteiger partial charge in [-0.1, -0.05) is 38.8 Å². The van der Waals surface area contributed by atoms with Gasteiger partial charge in [0, 0.05) is 20.1 Å². The molecule has 8 heteroatoms. The minimum absolute atomic E-state index is 0. The number of sulfonamides is 1. The molecule has 0 saturated carbocycles. The van der Waals surface area contributed by atoms with E-state index in [1.807, 2.05) is 0 Å². The Labute approximate surface area is 156 Å². The summed E-state index contributed by atoms with van der Waals surface area (Å²) in [7, 11) is -1.91. The average Bonchev–Trinajstić information content (AvgIpc) is 2.50. The minimum Gasteiger partial charge on any atom is -0.356 e. The first-order valence-corrected chi connectivity index (χ1v) is 9.01. The second-order valence-electron chi connectivity index (χ2n) is 5.18. The fraction of sp³-hybridized carbons (Fsp3) is 0.533. The van der Waals surface area contributed by atoms with E-state index in [1.54, 1.807) is 19.2 Å².